The minimum Gasteiger partial charge on any atom is -0.327 e. The van der Waals surface area contributed by atoms with E-state index in [0.717, 1.165) is 60.5 Å². The topological polar surface area (TPSA) is 59.0 Å². The fourth-order valence-electron chi connectivity index (χ4n) is 4.79. The number of benzene rings is 2. The molecule has 2 aromatic carbocycles. The summed E-state index contributed by atoms with van der Waals surface area (Å²) in [5.41, 5.74) is 4.54. The van der Waals surface area contributed by atoms with E-state index >= 15 is 0 Å². The summed E-state index contributed by atoms with van der Waals surface area (Å²) in [4.78, 5) is 17.4. The summed E-state index contributed by atoms with van der Waals surface area (Å²) in [6.07, 6.45) is 3.20. The predicted octanol–water partition coefficient (Wildman–Crippen LogP) is 4.86. The number of hydrogen-bond acceptors (Lipinski definition) is 3. The normalized spacial score (nSPS) is 18.9. The third-order valence-corrected chi connectivity index (χ3v) is 6.69. The van der Waals surface area contributed by atoms with Crippen LogP contribution in [0.1, 0.15) is 24.8 Å². The van der Waals surface area contributed by atoms with Crippen molar-refractivity contribution in [2.75, 3.05) is 18.4 Å². The van der Waals surface area contributed by atoms with E-state index in [-0.39, 0.29) is 47.9 Å². The van der Waals surface area contributed by atoms with Gasteiger partial charge in [0.25, 0.3) is 0 Å². The Bertz CT molecular complexity index is 1120. The first-order valence-corrected chi connectivity index (χ1v) is 10.2. The van der Waals surface area contributed by atoms with E-state index in [1.54, 1.807) is 6.07 Å². The standard InChI is InChI=1S/C23H25FN4O.2ClH/c1-14-11-15(21-26-19-12-16(24)4-6-20(19)28(21)2)3-5-18(14)27-22(29)17-13-23(17)7-9-25-10-8-23;;/h3-6,11-12,17,25H,7-10,13H2,1-2H3,(H,27,29);2*1H. The number of nitrogens with one attached hydrogen (secondary N) is 2. The van der Waals surface area contributed by atoms with Crippen LogP contribution >= 0.6 is 24.8 Å². The van der Waals surface area contributed by atoms with Gasteiger partial charge in [0.05, 0.1) is 11.0 Å². The Morgan fingerprint density at radius 1 is 1.19 bits per heavy atom. The van der Waals surface area contributed by atoms with E-state index in [1.165, 1.54) is 12.1 Å². The van der Waals surface area contributed by atoms with Crippen molar-refractivity contribution < 1.29 is 9.18 Å². The number of piperidine rings is 1. The van der Waals surface area contributed by atoms with Crippen LogP contribution in [-0.2, 0) is 11.8 Å². The SMILES string of the molecule is Cc1cc(-c2nc3cc(F)ccc3n2C)ccc1NC(=O)C1CC12CCNCC2.Cl.Cl. The van der Waals surface area contributed by atoms with Crippen molar-refractivity contribution >= 4 is 47.4 Å². The minimum absolute atomic E-state index is 0. The maximum Gasteiger partial charge on any atom is 0.228 e. The molecule has 1 saturated heterocycles. The molecule has 2 aliphatic rings. The Hall–Kier alpha value is -2.15. The Balaban J connectivity index is 0.00000136. The first kappa shape index (κ1) is 23.5. The van der Waals surface area contributed by atoms with Crippen molar-refractivity contribution in [3.8, 4) is 11.4 Å². The zero-order valence-corrected chi connectivity index (χ0v) is 19.2. The molecule has 2 fully saturated rings. The molecule has 166 valence electrons. The van der Waals surface area contributed by atoms with Gasteiger partial charge in [-0.3, -0.25) is 4.79 Å². The first-order valence-electron chi connectivity index (χ1n) is 10.2. The summed E-state index contributed by atoms with van der Waals surface area (Å²) >= 11 is 0. The summed E-state index contributed by atoms with van der Waals surface area (Å²) < 4.78 is 15.5. The highest BCUT2D eigenvalue weighted by molar-refractivity contribution is 5.96. The number of amides is 1. The number of nitrogens with zero attached hydrogens (tertiary/aromatic N) is 2. The molecule has 8 heteroatoms. The molecule has 1 atom stereocenters. The molecule has 1 aromatic heterocycles. The summed E-state index contributed by atoms with van der Waals surface area (Å²) in [5.74, 6) is 0.768. The van der Waals surface area contributed by atoms with Gasteiger partial charge in [-0.05, 0) is 80.6 Å². The summed E-state index contributed by atoms with van der Waals surface area (Å²) in [7, 11) is 1.93. The van der Waals surface area contributed by atoms with E-state index in [0.29, 0.717) is 5.52 Å². The molecule has 1 unspecified atom stereocenters. The molecule has 5 nitrogen and oxygen atoms in total. The molecule has 31 heavy (non-hydrogen) atoms. The van der Waals surface area contributed by atoms with Crippen LogP contribution in [0.25, 0.3) is 22.4 Å². The molecule has 1 spiro atoms. The number of halogens is 3. The van der Waals surface area contributed by atoms with Gasteiger partial charge in [-0.15, -0.1) is 24.8 Å². The molecule has 3 aromatic rings. The maximum atomic E-state index is 13.5. The lowest BCUT2D eigenvalue weighted by molar-refractivity contribution is -0.118. The Kier molecular flexibility index (Phi) is 6.65. The van der Waals surface area contributed by atoms with E-state index in [9.17, 15) is 9.18 Å². The molecule has 2 N–H and O–H groups in total. The van der Waals surface area contributed by atoms with Gasteiger partial charge in [-0.2, -0.15) is 0 Å². The molecular formula is C23H27Cl2FN4O. The van der Waals surface area contributed by atoms with Gasteiger partial charge in [0.2, 0.25) is 5.91 Å². The number of hydrogen-bond donors (Lipinski definition) is 2. The molecule has 0 bridgehead atoms. The van der Waals surface area contributed by atoms with Crippen LogP contribution in [0.15, 0.2) is 36.4 Å². The number of rotatable bonds is 3. The zero-order chi connectivity index (χ0) is 20.2. The van der Waals surface area contributed by atoms with Gasteiger partial charge in [0.1, 0.15) is 11.6 Å². The van der Waals surface area contributed by atoms with Crippen LogP contribution in [0.2, 0.25) is 0 Å². The molecular weight excluding hydrogens is 438 g/mol. The predicted molar refractivity (Wildman–Crippen MR) is 127 cm³/mol. The van der Waals surface area contributed by atoms with Crippen LogP contribution < -0.4 is 10.6 Å². The minimum atomic E-state index is -0.289. The van der Waals surface area contributed by atoms with Gasteiger partial charge in [0, 0.05) is 30.3 Å². The first-order chi connectivity index (χ1) is 14.0. The second-order valence-electron chi connectivity index (χ2n) is 8.52. The maximum absolute atomic E-state index is 13.5. The zero-order valence-electron chi connectivity index (χ0n) is 17.6. The van der Waals surface area contributed by atoms with Crippen LogP contribution in [0.3, 0.4) is 0 Å². The lowest BCUT2D eigenvalue weighted by atomic mass is 9.91. The lowest BCUT2D eigenvalue weighted by Crippen LogP contribution is -2.31. The summed E-state index contributed by atoms with van der Waals surface area (Å²) in [6, 6.07) is 10.6. The van der Waals surface area contributed by atoms with Gasteiger partial charge in [0.15, 0.2) is 0 Å². The Morgan fingerprint density at radius 2 is 1.94 bits per heavy atom. The van der Waals surface area contributed by atoms with Crippen LogP contribution in [-0.4, -0.2) is 28.5 Å². The number of aryl methyl sites for hydroxylation is 2. The highest BCUT2D eigenvalue weighted by atomic mass is 35.5. The fraction of sp³-hybridized carbons (Fsp3) is 0.391. The van der Waals surface area contributed by atoms with E-state index in [1.807, 2.05) is 36.7 Å². The second-order valence-corrected chi connectivity index (χ2v) is 8.52. The molecule has 1 amide bonds. The van der Waals surface area contributed by atoms with E-state index < -0.39 is 0 Å². The van der Waals surface area contributed by atoms with E-state index in [4.69, 9.17) is 0 Å². The van der Waals surface area contributed by atoms with Gasteiger partial charge < -0.3 is 15.2 Å². The number of carbonyl (C=O) groups is 1. The van der Waals surface area contributed by atoms with Crippen molar-refractivity contribution in [2.45, 2.75) is 26.2 Å². The van der Waals surface area contributed by atoms with Crippen molar-refractivity contribution in [2.24, 2.45) is 18.4 Å². The van der Waals surface area contributed by atoms with Gasteiger partial charge >= 0.3 is 0 Å². The number of fused-ring (bicyclic) bond motifs is 1. The third-order valence-electron chi connectivity index (χ3n) is 6.69. The average Bonchev–Trinajstić information content (AvgIpc) is 3.30. The van der Waals surface area contributed by atoms with Crippen molar-refractivity contribution in [1.29, 1.82) is 0 Å². The third kappa shape index (κ3) is 4.16. The number of anilines is 1. The van der Waals surface area contributed by atoms with Crippen molar-refractivity contribution in [3.63, 3.8) is 0 Å². The van der Waals surface area contributed by atoms with E-state index in [2.05, 4.69) is 15.6 Å². The fourth-order valence-corrected chi connectivity index (χ4v) is 4.79. The quantitative estimate of drug-likeness (QED) is 0.581. The average molecular weight is 465 g/mol. The Labute approximate surface area is 193 Å². The molecule has 1 aliphatic heterocycles. The highest BCUT2D eigenvalue weighted by Gasteiger charge is 2.57. The lowest BCUT2D eigenvalue weighted by Gasteiger charge is -2.23. The molecule has 1 aliphatic carbocycles. The highest BCUT2D eigenvalue weighted by Crippen LogP contribution is 2.58. The molecule has 5 rings (SSSR count). The van der Waals surface area contributed by atoms with Gasteiger partial charge in [-0.25, -0.2) is 9.37 Å². The van der Waals surface area contributed by atoms with Crippen LogP contribution in [0, 0.1) is 24.1 Å². The van der Waals surface area contributed by atoms with Crippen molar-refractivity contribution in [1.82, 2.24) is 14.9 Å². The summed E-state index contributed by atoms with van der Waals surface area (Å²) in [6.45, 7) is 4.02. The number of imidazole rings is 1. The van der Waals surface area contributed by atoms with Crippen LogP contribution in [0.4, 0.5) is 10.1 Å². The molecule has 0 radical (unpaired) electrons. The van der Waals surface area contributed by atoms with Gasteiger partial charge in [-0.1, -0.05) is 0 Å². The molecule has 1 saturated carbocycles. The second kappa shape index (κ2) is 8.77. The Morgan fingerprint density at radius 3 is 2.65 bits per heavy atom. The monoisotopic (exact) mass is 464 g/mol. The smallest absolute Gasteiger partial charge is 0.228 e. The molecule has 2 heterocycles. The van der Waals surface area contributed by atoms with Crippen LogP contribution in [0.5, 0.6) is 0 Å². The number of aromatic nitrogens is 2. The summed E-state index contributed by atoms with van der Waals surface area (Å²) in [5, 5.41) is 6.51. The largest absolute Gasteiger partial charge is 0.327 e. The number of carbonyl (C=O) groups excluding carboxylic acids is 1. The van der Waals surface area contributed by atoms with Crippen molar-refractivity contribution in [3.05, 3.63) is 47.8 Å².